The summed E-state index contributed by atoms with van der Waals surface area (Å²) in [6, 6.07) is 3.86. The van der Waals surface area contributed by atoms with Crippen LogP contribution in [0.5, 0.6) is 0 Å². The molecule has 0 aromatic carbocycles. The third kappa shape index (κ3) is 3.30. The lowest BCUT2D eigenvalue weighted by Gasteiger charge is -2.11. The van der Waals surface area contributed by atoms with Crippen molar-refractivity contribution in [3.8, 4) is 22.9 Å². The van der Waals surface area contributed by atoms with Crippen molar-refractivity contribution >= 4 is 17.2 Å². The lowest BCUT2D eigenvalue weighted by atomic mass is 10.1. The van der Waals surface area contributed by atoms with E-state index in [1.54, 1.807) is 17.1 Å². The summed E-state index contributed by atoms with van der Waals surface area (Å²) in [5.41, 5.74) is 5.39. The molecule has 0 aliphatic carbocycles. The highest BCUT2D eigenvalue weighted by molar-refractivity contribution is 5.84. The quantitative estimate of drug-likeness (QED) is 0.442. The van der Waals surface area contributed by atoms with Gasteiger partial charge in [-0.2, -0.15) is 5.10 Å². The molecule has 0 spiro atoms. The summed E-state index contributed by atoms with van der Waals surface area (Å²) in [4.78, 5) is 13.7. The van der Waals surface area contributed by atoms with Crippen molar-refractivity contribution in [3.05, 3.63) is 59.8 Å². The van der Waals surface area contributed by atoms with Crippen LogP contribution in [0.15, 0.2) is 43.1 Å². The first-order valence-electron chi connectivity index (χ1n) is 10.2. The second kappa shape index (κ2) is 7.57. The number of imidazole rings is 1. The Balaban J connectivity index is 1.70. The Morgan fingerprint density at radius 1 is 1.09 bits per heavy atom. The van der Waals surface area contributed by atoms with Crippen LogP contribution >= 0.6 is 0 Å². The second-order valence-corrected chi connectivity index (χ2v) is 7.76. The van der Waals surface area contributed by atoms with Gasteiger partial charge in [-0.3, -0.25) is 4.68 Å². The van der Waals surface area contributed by atoms with E-state index in [2.05, 4.69) is 20.4 Å². The van der Waals surface area contributed by atoms with Crippen LogP contribution in [0.25, 0.3) is 28.4 Å². The number of aliphatic hydroxyl groups excluding tert-OH is 1. The maximum atomic E-state index is 9.46. The molecule has 0 radical (unpaired) electrons. The number of nitrogens with zero attached hydrogens (tertiary/aromatic N) is 8. The van der Waals surface area contributed by atoms with Gasteiger partial charge in [0, 0.05) is 50.6 Å². The molecule has 5 heterocycles. The van der Waals surface area contributed by atoms with Crippen LogP contribution in [0.2, 0.25) is 0 Å². The van der Waals surface area contributed by atoms with Crippen molar-refractivity contribution in [2.45, 2.75) is 20.5 Å². The van der Waals surface area contributed by atoms with Crippen LogP contribution in [0.3, 0.4) is 0 Å². The highest BCUT2D eigenvalue weighted by Gasteiger charge is 2.20. The lowest BCUT2D eigenvalue weighted by Crippen LogP contribution is -2.07. The van der Waals surface area contributed by atoms with Crippen molar-refractivity contribution in [2.75, 3.05) is 5.32 Å². The fourth-order valence-electron chi connectivity index (χ4n) is 3.75. The molecule has 0 aliphatic heterocycles. The van der Waals surface area contributed by atoms with E-state index in [4.69, 9.17) is 10.1 Å². The Kier molecular flexibility index (Phi) is 4.71. The standard InChI is InChI=1S/C22H23N9O/c1-13-9-18(24-10-15(13)12-32)25-20-19-14(2)16(17-5-7-30(4)27-17)11-31(19)28-21(26-20)22-23-6-8-29(22)3/h5-11,32H,12H2,1-4H3,(H,24,25,26,28). The van der Waals surface area contributed by atoms with Gasteiger partial charge in [-0.15, -0.1) is 5.10 Å². The molecule has 10 nitrogen and oxygen atoms in total. The second-order valence-electron chi connectivity index (χ2n) is 7.76. The molecule has 0 unspecified atom stereocenters. The highest BCUT2D eigenvalue weighted by Crippen LogP contribution is 2.32. The average molecular weight is 429 g/mol. The molecule has 0 saturated carbocycles. The van der Waals surface area contributed by atoms with Crippen LogP contribution < -0.4 is 5.32 Å². The van der Waals surface area contributed by atoms with Gasteiger partial charge >= 0.3 is 0 Å². The summed E-state index contributed by atoms with van der Waals surface area (Å²) in [6.07, 6.45) is 9.11. The van der Waals surface area contributed by atoms with Crippen LogP contribution in [-0.2, 0) is 20.7 Å². The van der Waals surface area contributed by atoms with E-state index in [9.17, 15) is 5.11 Å². The molecular weight excluding hydrogens is 406 g/mol. The van der Waals surface area contributed by atoms with Crippen molar-refractivity contribution < 1.29 is 5.11 Å². The molecule has 5 aromatic heterocycles. The maximum Gasteiger partial charge on any atom is 0.218 e. The molecule has 0 fully saturated rings. The molecule has 0 bridgehead atoms. The van der Waals surface area contributed by atoms with E-state index in [1.807, 2.05) is 67.7 Å². The van der Waals surface area contributed by atoms with E-state index in [0.29, 0.717) is 23.3 Å². The minimum atomic E-state index is -0.0502. The molecule has 5 rings (SSSR count). The van der Waals surface area contributed by atoms with Crippen LogP contribution in [0.1, 0.15) is 16.7 Å². The third-order valence-electron chi connectivity index (χ3n) is 5.53. The van der Waals surface area contributed by atoms with Crippen LogP contribution in [-0.4, -0.2) is 44.0 Å². The van der Waals surface area contributed by atoms with Gasteiger partial charge in [-0.1, -0.05) is 0 Å². The Bertz CT molecular complexity index is 1440. The first kappa shape index (κ1) is 19.9. The number of anilines is 2. The highest BCUT2D eigenvalue weighted by atomic mass is 16.3. The zero-order valence-electron chi connectivity index (χ0n) is 18.3. The molecule has 0 atom stereocenters. The maximum absolute atomic E-state index is 9.46. The fourth-order valence-corrected chi connectivity index (χ4v) is 3.75. The molecule has 0 saturated heterocycles. The van der Waals surface area contributed by atoms with Gasteiger partial charge in [0.05, 0.1) is 12.3 Å². The minimum absolute atomic E-state index is 0.0502. The van der Waals surface area contributed by atoms with Gasteiger partial charge in [0.25, 0.3) is 0 Å². The zero-order valence-corrected chi connectivity index (χ0v) is 18.3. The van der Waals surface area contributed by atoms with Crippen molar-refractivity contribution in [3.63, 3.8) is 0 Å². The number of rotatable bonds is 5. The smallest absolute Gasteiger partial charge is 0.218 e. The molecule has 0 aliphatic rings. The number of fused-ring (bicyclic) bond motifs is 1. The van der Waals surface area contributed by atoms with Gasteiger partial charge in [0.1, 0.15) is 11.3 Å². The van der Waals surface area contributed by atoms with E-state index in [1.165, 1.54) is 0 Å². The van der Waals surface area contributed by atoms with Crippen molar-refractivity contribution in [1.82, 2.24) is 38.9 Å². The van der Waals surface area contributed by atoms with E-state index < -0.39 is 0 Å². The van der Waals surface area contributed by atoms with Gasteiger partial charge in [0.2, 0.25) is 5.82 Å². The van der Waals surface area contributed by atoms with Gasteiger partial charge in [-0.05, 0) is 42.7 Å². The van der Waals surface area contributed by atoms with Crippen molar-refractivity contribution in [2.24, 2.45) is 14.1 Å². The van der Waals surface area contributed by atoms with Gasteiger partial charge in [0.15, 0.2) is 11.6 Å². The Labute approximate surface area is 184 Å². The van der Waals surface area contributed by atoms with E-state index >= 15 is 0 Å². The number of pyridine rings is 1. The van der Waals surface area contributed by atoms with E-state index in [-0.39, 0.29) is 6.61 Å². The van der Waals surface area contributed by atoms with Crippen molar-refractivity contribution in [1.29, 1.82) is 0 Å². The average Bonchev–Trinajstić information content (AvgIpc) is 3.47. The molecular formula is C22H23N9O. The normalized spacial score (nSPS) is 11.4. The number of aromatic nitrogens is 8. The van der Waals surface area contributed by atoms with Gasteiger partial charge < -0.3 is 15.0 Å². The summed E-state index contributed by atoms with van der Waals surface area (Å²) < 4.78 is 5.46. The topological polar surface area (TPSA) is 111 Å². The summed E-state index contributed by atoms with van der Waals surface area (Å²) in [7, 11) is 3.80. The van der Waals surface area contributed by atoms with Gasteiger partial charge in [-0.25, -0.2) is 19.5 Å². The van der Waals surface area contributed by atoms with Crippen LogP contribution in [0.4, 0.5) is 11.6 Å². The Hall–Kier alpha value is -4.05. The van der Waals surface area contributed by atoms with Crippen LogP contribution in [0, 0.1) is 13.8 Å². The van der Waals surface area contributed by atoms with E-state index in [0.717, 1.165) is 33.5 Å². The first-order chi connectivity index (χ1) is 15.4. The zero-order chi connectivity index (χ0) is 22.4. The molecule has 10 heteroatoms. The lowest BCUT2D eigenvalue weighted by molar-refractivity contribution is 0.280. The third-order valence-corrected chi connectivity index (χ3v) is 5.53. The number of aliphatic hydroxyl groups is 1. The summed E-state index contributed by atoms with van der Waals surface area (Å²) >= 11 is 0. The monoisotopic (exact) mass is 429 g/mol. The number of nitrogens with one attached hydrogen (secondary N) is 1. The number of aryl methyl sites for hydroxylation is 4. The molecule has 0 amide bonds. The largest absolute Gasteiger partial charge is 0.392 e. The first-order valence-corrected chi connectivity index (χ1v) is 10.2. The predicted molar refractivity (Wildman–Crippen MR) is 120 cm³/mol. The molecule has 2 N–H and O–H groups in total. The summed E-state index contributed by atoms with van der Waals surface area (Å²) in [6.45, 7) is 3.92. The molecule has 32 heavy (non-hydrogen) atoms. The predicted octanol–water partition coefficient (Wildman–Crippen LogP) is 2.78. The Morgan fingerprint density at radius 2 is 1.94 bits per heavy atom. The summed E-state index contributed by atoms with van der Waals surface area (Å²) in [5.74, 6) is 2.38. The number of hydrogen-bond donors (Lipinski definition) is 2. The molecule has 5 aromatic rings. The summed E-state index contributed by atoms with van der Waals surface area (Å²) in [5, 5.41) is 22.1. The number of hydrogen-bond acceptors (Lipinski definition) is 7. The Morgan fingerprint density at radius 3 is 2.59 bits per heavy atom. The minimum Gasteiger partial charge on any atom is -0.392 e. The SMILES string of the molecule is Cc1cc(Nc2nc(-c3nccn3C)nn3cc(-c4ccn(C)n4)c(C)c23)ncc1CO. The fraction of sp³-hybridized carbons (Fsp3) is 0.227. The molecule has 162 valence electrons.